The molecule has 1 N–H and O–H groups in total. The SMILES string of the molecule is CCOC(=O)c1ccc(OC(=O)CCCc2c[nH]c3ccccc23)cc1. The molecule has 0 bridgehead atoms. The first kappa shape index (κ1) is 17.7. The molecule has 0 saturated heterocycles. The molecule has 3 aromatic rings. The van der Waals surface area contributed by atoms with Gasteiger partial charge in [0.15, 0.2) is 0 Å². The minimum Gasteiger partial charge on any atom is -0.462 e. The maximum absolute atomic E-state index is 12.0. The number of H-pyrrole nitrogens is 1. The monoisotopic (exact) mass is 351 g/mol. The van der Waals surface area contributed by atoms with E-state index in [0.29, 0.717) is 30.8 Å². The van der Waals surface area contributed by atoms with Gasteiger partial charge in [0.2, 0.25) is 0 Å². The second kappa shape index (κ2) is 8.34. The number of aromatic nitrogens is 1. The van der Waals surface area contributed by atoms with Crippen LogP contribution in [0.2, 0.25) is 0 Å². The van der Waals surface area contributed by atoms with Gasteiger partial charge in [-0.3, -0.25) is 4.79 Å². The van der Waals surface area contributed by atoms with Gasteiger partial charge in [0.05, 0.1) is 12.2 Å². The van der Waals surface area contributed by atoms with Crippen molar-refractivity contribution in [3.8, 4) is 5.75 Å². The molecule has 0 aliphatic heterocycles. The van der Waals surface area contributed by atoms with Crippen LogP contribution in [0.1, 0.15) is 35.7 Å². The van der Waals surface area contributed by atoms with Crippen LogP contribution in [0.15, 0.2) is 54.7 Å². The summed E-state index contributed by atoms with van der Waals surface area (Å²) in [4.78, 5) is 26.8. The molecule has 5 nitrogen and oxygen atoms in total. The minimum atomic E-state index is -0.385. The summed E-state index contributed by atoms with van der Waals surface area (Å²) in [5, 5.41) is 1.19. The van der Waals surface area contributed by atoms with E-state index in [-0.39, 0.29) is 11.9 Å². The van der Waals surface area contributed by atoms with Gasteiger partial charge in [-0.25, -0.2) is 4.79 Å². The highest BCUT2D eigenvalue weighted by atomic mass is 16.5. The second-order valence-corrected chi connectivity index (χ2v) is 5.93. The number of carbonyl (C=O) groups excluding carboxylic acids is 2. The van der Waals surface area contributed by atoms with Gasteiger partial charge in [-0.15, -0.1) is 0 Å². The van der Waals surface area contributed by atoms with E-state index in [2.05, 4.69) is 11.1 Å². The summed E-state index contributed by atoms with van der Waals surface area (Å²) in [5.74, 6) is -0.243. The molecule has 0 unspecified atom stereocenters. The fraction of sp³-hybridized carbons (Fsp3) is 0.238. The Balaban J connectivity index is 1.49. The fourth-order valence-corrected chi connectivity index (χ4v) is 2.82. The molecule has 0 amide bonds. The molecule has 1 aromatic heterocycles. The third kappa shape index (κ3) is 4.30. The van der Waals surface area contributed by atoms with E-state index in [1.54, 1.807) is 31.2 Å². The summed E-state index contributed by atoms with van der Waals surface area (Å²) >= 11 is 0. The maximum atomic E-state index is 12.0. The van der Waals surface area contributed by atoms with Crippen molar-refractivity contribution in [1.82, 2.24) is 4.98 Å². The van der Waals surface area contributed by atoms with Crippen molar-refractivity contribution in [3.63, 3.8) is 0 Å². The normalized spacial score (nSPS) is 10.7. The lowest BCUT2D eigenvalue weighted by Gasteiger charge is -2.06. The highest BCUT2D eigenvalue weighted by molar-refractivity contribution is 5.89. The summed E-state index contributed by atoms with van der Waals surface area (Å²) in [6.07, 6.45) is 3.84. The first-order valence-corrected chi connectivity index (χ1v) is 8.70. The molecule has 0 spiro atoms. The molecule has 5 heteroatoms. The number of aryl methyl sites for hydroxylation is 1. The Morgan fingerprint density at radius 1 is 1.04 bits per heavy atom. The Morgan fingerprint density at radius 3 is 2.58 bits per heavy atom. The van der Waals surface area contributed by atoms with E-state index < -0.39 is 0 Å². The molecule has 26 heavy (non-hydrogen) atoms. The predicted molar refractivity (Wildman–Crippen MR) is 99.3 cm³/mol. The number of aromatic amines is 1. The van der Waals surface area contributed by atoms with Gasteiger partial charge in [-0.2, -0.15) is 0 Å². The first-order chi connectivity index (χ1) is 12.7. The quantitative estimate of drug-likeness (QED) is 0.510. The maximum Gasteiger partial charge on any atom is 0.338 e. The van der Waals surface area contributed by atoms with Gasteiger partial charge in [-0.1, -0.05) is 18.2 Å². The van der Waals surface area contributed by atoms with Crippen LogP contribution in [0.4, 0.5) is 0 Å². The lowest BCUT2D eigenvalue weighted by Crippen LogP contribution is -2.09. The van der Waals surface area contributed by atoms with Gasteiger partial charge < -0.3 is 14.5 Å². The van der Waals surface area contributed by atoms with Crippen LogP contribution in [-0.2, 0) is 16.0 Å². The minimum absolute atomic E-state index is 0.284. The molecule has 0 aliphatic rings. The van der Waals surface area contributed by atoms with Crippen molar-refractivity contribution >= 4 is 22.8 Å². The Bertz CT molecular complexity index is 896. The number of nitrogens with one attached hydrogen (secondary N) is 1. The number of ether oxygens (including phenoxy) is 2. The molecule has 0 radical (unpaired) electrons. The molecular formula is C21H21NO4. The molecule has 0 aliphatic carbocycles. The number of para-hydroxylation sites is 1. The molecule has 0 atom stereocenters. The third-order valence-electron chi connectivity index (χ3n) is 4.10. The van der Waals surface area contributed by atoms with Gasteiger partial charge in [0.25, 0.3) is 0 Å². The zero-order valence-corrected chi connectivity index (χ0v) is 14.7. The summed E-state index contributed by atoms with van der Waals surface area (Å²) in [7, 11) is 0. The average Bonchev–Trinajstić information content (AvgIpc) is 3.06. The lowest BCUT2D eigenvalue weighted by atomic mass is 10.1. The van der Waals surface area contributed by atoms with Crippen LogP contribution in [0.25, 0.3) is 10.9 Å². The van der Waals surface area contributed by atoms with Crippen LogP contribution in [0, 0.1) is 0 Å². The molecule has 0 saturated carbocycles. The van der Waals surface area contributed by atoms with Crippen LogP contribution in [0.3, 0.4) is 0 Å². The number of benzene rings is 2. The van der Waals surface area contributed by atoms with E-state index in [0.717, 1.165) is 11.9 Å². The Kier molecular flexibility index (Phi) is 5.69. The van der Waals surface area contributed by atoms with Gasteiger partial charge in [-0.05, 0) is 55.7 Å². The standard InChI is InChI=1S/C21H21NO4/c1-2-25-21(24)15-10-12-17(13-11-15)26-20(23)9-5-6-16-14-22-19-8-4-3-7-18(16)19/h3-4,7-8,10-14,22H,2,5-6,9H2,1H3. The molecule has 134 valence electrons. The number of hydrogen-bond acceptors (Lipinski definition) is 4. The Morgan fingerprint density at radius 2 is 1.81 bits per heavy atom. The van der Waals surface area contributed by atoms with Crippen LogP contribution < -0.4 is 4.74 Å². The van der Waals surface area contributed by atoms with Crippen molar-refractivity contribution in [2.45, 2.75) is 26.2 Å². The highest BCUT2D eigenvalue weighted by Gasteiger charge is 2.09. The Labute approximate surface area is 151 Å². The van der Waals surface area contributed by atoms with Crippen LogP contribution in [0.5, 0.6) is 5.75 Å². The van der Waals surface area contributed by atoms with E-state index in [9.17, 15) is 9.59 Å². The van der Waals surface area contributed by atoms with Gasteiger partial charge in [0, 0.05) is 23.5 Å². The first-order valence-electron chi connectivity index (χ1n) is 8.70. The molecule has 0 fully saturated rings. The van der Waals surface area contributed by atoms with E-state index in [4.69, 9.17) is 9.47 Å². The van der Waals surface area contributed by atoms with Crippen LogP contribution >= 0.6 is 0 Å². The zero-order chi connectivity index (χ0) is 18.4. The molecule has 2 aromatic carbocycles. The summed E-state index contributed by atoms with van der Waals surface area (Å²) in [6, 6.07) is 14.5. The predicted octanol–water partition coefficient (Wildman–Crippen LogP) is 4.27. The summed E-state index contributed by atoms with van der Waals surface area (Å²) in [5.41, 5.74) is 2.74. The van der Waals surface area contributed by atoms with Crippen LogP contribution in [-0.4, -0.2) is 23.5 Å². The number of fused-ring (bicyclic) bond motifs is 1. The van der Waals surface area contributed by atoms with Gasteiger partial charge in [0.1, 0.15) is 5.75 Å². The number of carbonyl (C=O) groups is 2. The molecule has 3 rings (SSSR count). The van der Waals surface area contributed by atoms with E-state index in [1.165, 1.54) is 10.9 Å². The lowest BCUT2D eigenvalue weighted by molar-refractivity contribution is -0.134. The van der Waals surface area contributed by atoms with E-state index >= 15 is 0 Å². The summed E-state index contributed by atoms with van der Waals surface area (Å²) in [6.45, 7) is 2.08. The summed E-state index contributed by atoms with van der Waals surface area (Å²) < 4.78 is 10.2. The second-order valence-electron chi connectivity index (χ2n) is 5.93. The highest BCUT2D eigenvalue weighted by Crippen LogP contribution is 2.20. The van der Waals surface area contributed by atoms with Crippen molar-refractivity contribution in [2.24, 2.45) is 0 Å². The van der Waals surface area contributed by atoms with Gasteiger partial charge >= 0.3 is 11.9 Å². The average molecular weight is 351 g/mol. The smallest absolute Gasteiger partial charge is 0.338 e. The topological polar surface area (TPSA) is 68.4 Å². The zero-order valence-electron chi connectivity index (χ0n) is 14.7. The number of esters is 2. The molecular weight excluding hydrogens is 330 g/mol. The largest absolute Gasteiger partial charge is 0.462 e. The van der Waals surface area contributed by atoms with Crippen molar-refractivity contribution in [2.75, 3.05) is 6.61 Å². The molecule has 1 heterocycles. The third-order valence-corrected chi connectivity index (χ3v) is 4.10. The van der Waals surface area contributed by atoms with Crippen molar-refractivity contribution in [3.05, 3.63) is 65.9 Å². The number of rotatable bonds is 7. The van der Waals surface area contributed by atoms with Crippen molar-refractivity contribution in [1.29, 1.82) is 0 Å². The van der Waals surface area contributed by atoms with E-state index in [1.807, 2.05) is 24.4 Å². The fourth-order valence-electron chi connectivity index (χ4n) is 2.82. The number of hydrogen-bond donors (Lipinski definition) is 1. The Hall–Kier alpha value is -3.08. The van der Waals surface area contributed by atoms with Crippen molar-refractivity contribution < 1.29 is 19.1 Å².